The molecule has 0 saturated heterocycles. The van der Waals surface area contributed by atoms with Crippen LogP contribution in [0, 0.1) is 0 Å². The number of hydrogen-bond acceptors (Lipinski definition) is 3. The Morgan fingerprint density at radius 2 is 1.48 bits per heavy atom. The highest BCUT2D eigenvalue weighted by Gasteiger charge is 2.33. The van der Waals surface area contributed by atoms with Crippen LogP contribution in [0.2, 0.25) is 0 Å². The van der Waals surface area contributed by atoms with Crippen LogP contribution in [-0.4, -0.2) is 17.5 Å². The molecule has 0 aliphatic carbocycles. The Balaban J connectivity index is 2.31. The molecule has 21 heavy (non-hydrogen) atoms. The molecule has 0 saturated carbocycles. The lowest BCUT2D eigenvalue weighted by molar-refractivity contribution is -0.120. The zero-order valence-electron chi connectivity index (χ0n) is 10.6. The maximum Gasteiger partial charge on any atom is 0.335 e. The molecule has 0 unspecified atom stereocenters. The number of aromatic carboxylic acids is 1. The number of hydrogen-bond donors (Lipinski definition) is 1. The quantitative estimate of drug-likeness (QED) is 0.860. The normalized spacial score (nSPS) is 11.0. The van der Waals surface area contributed by atoms with E-state index in [0.717, 1.165) is 36.4 Å². The fraction of sp³-hybridized carbons (Fsp3) is 0.0667. The van der Waals surface area contributed by atoms with Crippen molar-refractivity contribution in [3.8, 4) is 5.75 Å². The van der Waals surface area contributed by atoms with Gasteiger partial charge in [0.15, 0.2) is 0 Å². The number of alkyl halides is 2. The first-order valence-electron chi connectivity index (χ1n) is 5.87. The average Bonchev–Trinajstić information content (AvgIpc) is 2.48. The molecule has 0 spiro atoms. The van der Waals surface area contributed by atoms with E-state index in [9.17, 15) is 18.4 Å². The summed E-state index contributed by atoms with van der Waals surface area (Å²) in [4.78, 5) is 20.8. The molecule has 0 amide bonds. The maximum atomic E-state index is 14.3. The lowest BCUT2D eigenvalue weighted by Gasteiger charge is -2.17. The minimum Gasteiger partial charge on any atom is -0.478 e. The molecule has 6 heteroatoms. The topological polar surface area (TPSA) is 63.6 Å². The molecule has 0 aromatic heterocycles. The first kappa shape index (κ1) is 14.6. The third-order valence-electron chi connectivity index (χ3n) is 2.90. The van der Waals surface area contributed by atoms with Crippen molar-refractivity contribution in [3.63, 3.8) is 0 Å². The summed E-state index contributed by atoms with van der Waals surface area (Å²) in [5.74, 6) is -4.30. The van der Waals surface area contributed by atoms with Gasteiger partial charge in [0.05, 0.1) is 5.56 Å². The van der Waals surface area contributed by atoms with Crippen LogP contribution in [-0.2, 0) is 10.7 Å². The Bertz CT molecular complexity index is 648. The molecule has 1 N–H and O–H groups in total. The van der Waals surface area contributed by atoms with Gasteiger partial charge in [0, 0.05) is 11.1 Å². The number of rotatable bonds is 5. The number of carboxylic acid groups (broad SMARTS) is 1. The van der Waals surface area contributed by atoms with Crippen molar-refractivity contribution >= 4 is 12.4 Å². The fourth-order valence-electron chi connectivity index (χ4n) is 1.79. The van der Waals surface area contributed by atoms with Crippen molar-refractivity contribution < 1.29 is 28.2 Å². The molecule has 2 aromatic rings. The molecule has 4 nitrogen and oxygen atoms in total. The van der Waals surface area contributed by atoms with Crippen molar-refractivity contribution in [2.75, 3.05) is 0 Å². The summed E-state index contributed by atoms with van der Waals surface area (Å²) >= 11 is 0. The lowest BCUT2D eigenvalue weighted by Crippen LogP contribution is -2.15. The maximum absolute atomic E-state index is 14.3. The largest absolute Gasteiger partial charge is 0.478 e. The van der Waals surface area contributed by atoms with Gasteiger partial charge in [-0.2, -0.15) is 8.78 Å². The van der Waals surface area contributed by atoms with E-state index in [0.29, 0.717) is 0 Å². The van der Waals surface area contributed by atoms with Gasteiger partial charge in [0.25, 0.3) is 12.4 Å². The van der Waals surface area contributed by atoms with Gasteiger partial charge in [-0.25, -0.2) is 4.79 Å². The van der Waals surface area contributed by atoms with Gasteiger partial charge >= 0.3 is 5.97 Å². The fourth-order valence-corrected chi connectivity index (χ4v) is 1.79. The average molecular weight is 292 g/mol. The molecular formula is C15H10F2O4. The van der Waals surface area contributed by atoms with Gasteiger partial charge in [-0.15, -0.1) is 0 Å². The summed E-state index contributed by atoms with van der Waals surface area (Å²) in [5, 5.41) is 8.75. The molecular weight excluding hydrogens is 282 g/mol. The number of benzene rings is 2. The van der Waals surface area contributed by atoms with Crippen molar-refractivity contribution in [1.82, 2.24) is 0 Å². The Kier molecular flexibility index (Phi) is 3.98. The molecule has 0 atom stereocenters. The van der Waals surface area contributed by atoms with Crippen LogP contribution >= 0.6 is 0 Å². The Morgan fingerprint density at radius 3 is 1.90 bits per heavy atom. The van der Waals surface area contributed by atoms with E-state index in [-0.39, 0.29) is 28.9 Å². The highest BCUT2D eigenvalue weighted by Crippen LogP contribution is 2.36. The predicted octanol–water partition coefficient (Wildman–Crippen LogP) is 3.06. The number of halogens is 2. The van der Waals surface area contributed by atoms with Gasteiger partial charge in [-0.3, -0.25) is 4.79 Å². The van der Waals surface area contributed by atoms with E-state index in [1.54, 1.807) is 0 Å². The summed E-state index contributed by atoms with van der Waals surface area (Å²) in [6.45, 7) is 0.206. The van der Waals surface area contributed by atoms with E-state index in [1.807, 2.05) is 0 Å². The summed E-state index contributed by atoms with van der Waals surface area (Å²) in [7, 11) is 0. The molecule has 0 bridgehead atoms. The van der Waals surface area contributed by atoms with E-state index in [2.05, 4.69) is 4.74 Å². The standard InChI is InChI=1S/C15H10F2O4/c16-15(17,11-3-1-10(2-4-11)14(19)20)12-5-7-13(8-6-12)21-9-18/h1-9H,(H,19,20). The van der Waals surface area contributed by atoms with Crippen LogP contribution in [0.25, 0.3) is 0 Å². The van der Waals surface area contributed by atoms with Gasteiger partial charge < -0.3 is 9.84 Å². The highest BCUT2D eigenvalue weighted by molar-refractivity contribution is 5.87. The van der Waals surface area contributed by atoms with Crippen LogP contribution in [0.3, 0.4) is 0 Å². The van der Waals surface area contributed by atoms with Crippen molar-refractivity contribution in [3.05, 3.63) is 65.2 Å². The SMILES string of the molecule is O=COc1ccc(C(F)(F)c2ccc(C(=O)O)cc2)cc1. The number of carbonyl (C=O) groups is 2. The van der Waals surface area contributed by atoms with Crippen LogP contribution in [0.4, 0.5) is 8.78 Å². The number of carbonyl (C=O) groups excluding carboxylic acids is 1. The summed E-state index contributed by atoms with van der Waals surface area (Å²) in [6.07, 6.45) is 0. The van der Waals surface area contributed by atoms with Gasteiger partial charge in [-0.1, -0.05) is 12.1 Å². The zero-order valence-corrected chi connectivity index (χ0v) is 10.6. The molecule has 0 heterocycles. The first-order valence-corrected chi connectivity index (χ1v) is 5.87. The first-order chi connectivity index (χ1) is 9.95. The third kappa shape index (κ3) is 3.05. The van der Waals surface area contributed by atoms with Crippen LogP contribution in [0.15, 0.2) is 48.5 Å². The third-order valence-corrected chi connectivity index (χ3v) is 2.90. The van der Waals surface area contributed by atoms with Crippen LogP contribution in [0.5, 0.6) is 5.75 Å². The molecule has 2 aromatic carbocycles. The summed E-state index contributed by atoms with van der Waals surface area (Å²) in [6, 6.07) is 9.17. The molecule has 0 radical (unpaired) electrons. The van der Waals surface area contributed by atoms with Gasteiger partial charge in [0.2, 0.25) is 0 Å². The van der Waals surface area contributed by atoms with E-state index in [4.69, 9.17) is 5.11 Å². The van der Waals surface area contributed by atoms with Crippen molar-refractivity contribution in [2.45, 2.75) is 5.92 Å². The molecule has 0 aliphatic rings. The number of ether oxygens (including phenoxy) is 1. The second-order valence-electron chi connectivity index (χ2n) is 4.20. The Morgan fingerprint density at radius 1 is 1.00 bits per heavy atom. The van der Waals surface area contributed by atoms with Crippen LogP contribution in [0.1, 0.15) is 21.5 Å². The minimum absolute atomic E-state index is 0.0655. The van der Waals surface area contributed by atoms with E-state index in [1.165, 1.54) is 12.1 Å². The van der Waals surface area contributed by atoms with Gasteiger partial charge in [-0.05, 0) is 36.4 Å². The minimum atomic E-state index is -3.28. The van der Waals surface area contributed by atoms with Gasteiger partial charge in [0.1, 0.15) is 5.75 Å². The van der Waals surface area contributed by atoms with Crippen molar-refractivity contribution in [2.24, 2.45) is 0 Å². The smallest absolute Gasteiger partial charge is 0.335 e. The summed E-state index contributed by atoms with van der Waals surface area (Å²) < 4.78 is 33.1. The second-order valence-corrected chi connectivity index (χ2v) is 4.20. The van der Waals surface area contributed by atoms with Crippen molar-refractivity contribution in [1.29, 1.82) is 0 Å². The highest BCUT2D eigenvalue weighted by atomic mass is 19.3. The second kappa shape index (κ2) is 5.70. The summed E-state index contributed by atoms with van der Waals surface area (Å²) in [5.41, 5.74) is -0.676. The zero-order chi connectivity index (χ0) is 15.5. The monoisotopic (exact) mass is 292 g/mol. The Hall–Kier alpha value is -2.76. The molecule has 108 valence electrons. The lowest BCUT2D eigenvalue weighted by atomic mass is 9.99. The molecule has 2 rings (SSSR count). The van der Waals surface area contributed by atoms with Crippen LogP contribution < -0.4 is 4.74 Å². The van der Waals surface area contributed by atoms with E-state index < -0.39 is 11.9 Å². The molecule has 0 fully saturated rings. The number of carboxylic acids is 1. The van der Waals surface area contributed by atoms with E-state index >= 15 is 0 Å². The Labute approximate surface area is 118 Å². The molecule has 0 aliphatic heterocycles. The predicted molar refractivity (Wildman–Crippen MR) is 69.5 cm³/mol.